The highest BCUT2D eigenvalue weighted by Crippen LogP contribution is 2.49. The van der Waals surface area contributed by atoms with Gasteiger partial charge in [-0.15, -0.1) is 0 Å². The Hall–Kier alpha value is -4.92. The van der Waals surface area contributed by atoms with Gasteiger partial charge in [-0.3, -0.25) is 14.6 Å². The average molecular weight is 663 g/mol. The zero-order valence-corrected chi connectivity index (χ0v) is 24.9. The molecule has 2 amide bonds. The van der Waals surface area contributed by atoms with E-state index in [9.17, 15) is 41.0 Å². The molecule has 3 heterocycles. The number of hydrogen-bond donors (Lipinski definition) is 3. The Morgan fingerprint density at radius 2 is 1.85 bits per heavy atom. The zero-order chi connectivity index (χ0) is 34.3. The lowest BCUT2D eigenvalue weighted by Gasteiger charge is -2.32. The van der Waals surface area contributed by atoms with Crippen molar-refractivity contribution in [3.8, 4) is 22.8 Å². The first-order chi connectivity index (χ1) is 22.1. The molecule has 0 aliphatic carbocycles. The Labute approximate surface area is 263 Å². The average Bonchev–Trinajstić information content (AvgIpc) is 3.41. The lowest BCUT2D eigenvalue weighted by Crippen LogP contribution is -2.52. The molecule has 1 aliphatic heterocycles. The number of carbonyl (C=O) groups excluding carboxylic acids is 2. The minimum Gasteiger partial charge on any atom is -0.489 e. The van der Waals surface area contributed by atoms with Crippen LogP contribution in [0.2, 0.25) is 0 Å². The van der Waals surface area contributed by atoms with Gasteiger partial charge in [0.1, 0.15) is 47.2 Å². The Morgan fingerprint density at radius 1 is 1.15 bits per heavy atom. The number of pyridine rings is 2. The van der Waals surface area contributed by atoms with Crippen molar-refractivity contribution in [2.24, 2.45) is 5.73 Å². The Kier molecular flexibility index (Phi) is 8.79. The second-order valence-electron chi connectivity index (χ2n) is 11.1. The summed E-state index contributed by atoms with van der Waals surface area (Å²) in [5.74, 6) is -2.91. The number of carbonyl (C=O) groups is 2. The van der Waals surface area contributed by atoms with Gasteiger partial charge < -0.3 is 25.6 Å². The third-order valence-electron chi connectivity index (χ3n) is 8.05. The molecule has 47 heavy (non-hydrogen) atoms. The summed E-state index contributed by atoms with van der Waals surface area (Å²) in [5, 5.41) is 13.7. The van der Waals surface area contributed by atoms with E-state index in [1.807, 2.05) is 0 Å². The lowest BCUT2D eigenvalue weighted by molar-refractivity contribution is -0.265. The number of primary amides is 1. The van der Waals surface area contributed by atoms with Crippen LogP contribution in [0.1, 0.15) is 40.5 Å². The number of halogens is 6. The van der Waals surface area contributed by atoms with E-state index in [4.69, 9.17) is 15.2 Å². The van der Waals surface area contributed by atoms with Crippen LogP contribution in [0.3, 0.4) is 0 Å². The zero-order valence-electron chi connectivity index (χ0n) is 24.9. The summed E-state index contributed by atoms with van der Waals surface area (Å²) in [6.07, 6.45) is -6.84. The second kappa shape index (κ2) is 12.4. The number of aromatic nitrogens is 2. The SMILES string of the molecule is CC[C@]1(C(N)=O)COc2c1cc([C@@](O)(CNC(=O)c1cc(OCC(F)F)c3ncc(C)cc3c1)C(F)(F)F)nc2-c1ccc(F)cc1. The van der Waals surface area contributed by atoms with Crippen LogP contribution in [0, 0.1) is 12.7 Å². The Balaban J connectivity index is 1.58. The second-order valence-corrected chi connectivity index (χ2v) is 11.1. The van der Waals surface area contributed by atoms with Crippen molar-refractivity contribution in [1.29, 1.82) is 0 Å². The number of amides is 2. The number of nitrogens with zero attached hydrogens (tertiary/aromatic N) is 2. The van der Waals surface area contributed by atoms with Crippen LogP contribution in [0.25, 0.3) is 22.2 Å². The van der Waals surface area contributed by atoms with Gasteiger partial charge in [-0.05, 0) is 67.4 Å². The van der Waals surface area contributed by atoms with Crippen molar-refractivity contribution in [3.63, 3.8) is 0 Å². The standard InChI is InChI=1S/C32H28F6N4O5/c1-3-30(29(39)44)15-47-27-21(30)11-23(42-26(27)17-4-6-20(33)7-5-17)31(45,32(36,37)38)14-41-28(43)19-9-18-8-16(2)12-40-25(18)22(10-19)46-13-24(34)35/h4-12,24,45H,3,13-15H2,1-2H3,(H2,39,44)(H,41,43)/t30-,31-/m0/s1. The number of aliphatic hydroxyl groups is 1. The maximum absolute atomic E-state index is 14.8. The molecule has 5 rings (SSSR count). The van der Waals surface area contributed by atoms with E-state index >= 15 is 0 Å². The summed E-state index contributed by atoms with van der Waals surface area (Å²) in [5.41, 5.74) is -0.371. The number of benzene rings is 2. The smallest absolute Gasteiger partial charge is 0.424 e. The highest BCUT2D eigenvalue weighted by molar-refractivity contribution is 6.00. The van der Waals surface area contributed by atoms with Gasteiger partial charge in [-0.2, -0.15) is 13.2 Å². The largest absolute Gasteiger partial charge is 0.489 e. The van der Waals surface area contributed by atoms with Crippen LogP contribution >= 0.6 is 0 Å². The lowest BCUT2D eigenvalue weighted by atomic mass is 9.78. The number of rotatable bonds is 10. The maximum Gasteiger partial charge on any atom is 0.424 e. The molecule has 0 radical (unpaired) electrons. The summed E-state index contributed by atoms with van der Waals surface area (Å²) >= 11 is 0. The van der Waals surface area contributed by atoms with Crippen molar-refractivity contribution in [1.82, 2.24) is 15.3 Å². The molecule has 0 unspecified atom stereocenters. The molecule has 0 spiro atoms. The van der Waals surface area contributed by atoms with Gasteiger partial charge in [0, 0.05) is 28.3 Å². The summed E-state index contributed by atoms with van der Waals surface area (Å²) in [6, 6.07) is 9.34. The van der Waals surface area contributed by atoms with Gasteiger partial charge in [0.05, 0.1) is 12.2 Å². The van der Waals surface area contributed by atoms with Crippen molar-refractivity contribution in [2.75, 3.05) is 19.8 Å². The minimum absolute atomic E-state index is 0.0229. The van der Waals surface area contributed by atoms with Crippen molar-refractivity contribution in [2.45, 2.75) is 43.9 Å². The summed E-state index contributed by atoms with van der Waals surface area (Å²) < 4.78 is 94.8. The Morgan fingerprint density at radius 3 is 2.47 bits per heavy atom. The molecule has 2 aromatic carbocycles. The van der Waals surface area contributed by atoms with Crippen LogP contribution in [-0.2, 0) is 15.8 Å². The molecular weight excluding hydrogens is 634 g/mol. The summed E-state index contributed by atoms with van der Waals surface area (Å²) in [7, 11) is 0. The van der Waals surface area contributed by atoms with Crippen molar-refractivity contribution < 1.29 is 50.5 Å². The van der Waals surface area contributed by atoms with Crippen molar-refractivity contribution >= 4 is 22.7 Å². The topological polar surface area (TPSA) is 137 Å². The molecule has 4 aromatic rings. The molecule has 0 bridgehead atoms. The van der Waals surface area contributed by atoms with E-state index in [0.717, 1.165) is 24.3 Å². The quantitative estimate of drug-likeness (QED) is 0.201. The molecule has 2 aromatic heterocycles. The molecular formula is C32H28F6N4O5. The number of hydrogen-bond acceptors (Lipinski definition) is 7. The predicted octanol–water partition coefficient (Wildman–Crippen LogP) is 5.09. The maximum atomic E-state index is 14.8. The summed E-state index contributed by atoms with van der Waals surface area (Å²) in [6.45, 7) is 0.455. The molecule has 248 valence electrons. The third-order valence-corrected chi connectivity index (χ3v) is 8.05. The fraction of sp³-hybridized carbons (Fsp3) is 0.312. The molecule has 2 atom stereocenters. The predicted molar refractivity (Wildman–Crippen MR) is 157 cm³/mol. The van der Waals surface area contributed by atoms with E-state index < -0.39 is 60.1 Å². The normalized spacial score (nSPS) is 17.2. The van der Waals surface area contributed by atoms with Gasteiger partial charge >= 0.3 is 6.18 Å². The first-order valence-electron chi connectivity index (χ1n) is 14.2. The first kappa shape index (κ1) is 33.4. The highest BCUT2D eigenvalue weighted by Gasteiger charge is 2.58. The van der Waals surface area contributed by atoms with E-state index in [-0.39, 0.29) is 52.4 Å². The fourth-order valence-electron chi connectivity index (χ4n) is 5.36. The first-order valence-corrected chi connectivity index (χ1v) is 14.2. The van der Waals surface area contributed by atoms with E-state index in [1.54, 1.807) is 19.9 Å². The minimum atomic E-state index is -5.45. The van der Waals surface area contributed by atoms with Gasteiger partial charge in [0.15, 0.2) is 0 Å². The molecule has 4 N–H and O–H groups in total. The van der Waals surface area contributed by atoms with Crippen LogP contribution in [0.15, 0.2) is 54.7 Å². The number of fused-ring (bicyclic) bond motifs is 2. The third kappa shape index (κ3) is 6.14. The highest BCUT2D eigenvalue weighted by atomic mass is 19.4. The van der Waals surface area contributed by atoms with Crippen LogP contribution in [-0.4, -0.2) is 59.2 Å². The molecule has 1 aliphatic rings. The number of nitrogens with one attached hydrogen (secondary N) is 1. The van der Waals surface area contributed by atoms with Gasteiger partial charge in [-0.25, -0.2) is 18.2 Å². The monoisotopic (exact) mass is 662 g/mol. The number of nitrogens with two attached hydrogens (primary N) is 1. The molecule has 0 saturated heterocycles. The number of ether oxygens (including phenoxy) is 2. The molecule has 0 saturated carbocycles. The summed E-state index contributed by atoms with van der Waals surface area (Å²) in [4.78, 5) is 34.1. The van der Waals surface area contributed by atoms with Crippen LogP contribution < -0.4 is 20.5 Å². The molecule has 9 nitrogen and oxygen atoms in total. The number of alkyl halides is 5. The van der Waals surface area contributed by atoms with E-state index in [0.29, 0.717) is 10.9 Å². The fourth-order valence-corrected chi connectivity index (χ4v) is 5.36. The van der Waals surface area contributed by atoms with Gasteiger partial charge in [0.2, 0.25) is 11.5 Å². The number of aryl methyl sites for hydroxylation is 1. The van der Waals surface area contributed by atoms with Gasteiger partial charge in [0.25, 0.3) is 12.3 Å². The molecule has 15 heteroatoms. The van der Waals surface area contributed by atoms with E-state index in [2.05, 4.69) is 15.3 Å². The van der Waals surface area contributed by atoms with Crippen LogP contribution in [0.4, 0.5) is 26.3 Å². The van der Waals surface area contributed by atoms with Crippen LogP contribution in [0.5, 0.6) is 11.5 Å². The molecule has 0 fully saturated rings. The Bertz CT molecular complexity index is 1850. The van der Waals surface area contributed by atoms with Crippen molar-refractivity contribution in [3.05, 3.63) is 82.9 Å². The van der Waals surface area contributed by atoms with E-state index in [1.165, 1.54) is 24.4 Å². The van der Waals surface area contributed by atoms with Gasteiger partial charge in [-0.1, -0.05) is 6.92 Å².